The maximum Gasteiger partial charge on any atom is 0.0947 e. The normalized spacial score (nSPS) is 15.3. The number of nitrogens with two attached hydrogens (primary N) is 1. The Hall–Kier alpha value is -0.840. The summed E-state index contributed by atoms with van der Waals surface area (Å²) in [6.45, 7) is 4.20. The van der Waals surface area contributed by atoms with Gasteiger partial charge in [0.15, 0.2) is 0 Å². The largest absolute Gasteiger partial charge is 0.472 e. The van der Waals surface area contributed by atoms with E-state index in [1.165, 1.54) is 0 Å². The van der Waals surface area contributed by atoms with Gasteiger partial charge in [-0.3, -0.25) is 4.90 Å². The van der Waals surface area contributed by atoms with E-state index in [0.717, 1.165) is 18.5 Å². The zero-order valence-electron chi connectivity index (χ0n) is 10.4. The van der Waals surface area contributed by atoms with Crippen molar-refractivity contribution >= 4 is 0 Å². The molecule has 0 aliphatic heterocycles. The first-order chi connectivity index (χ1) is 7.68. The van der Waals surface area contributed by atoms with Crippen molar-refractivity contribution < 1.29 is 9.15 Å². The van der Waals surface area contributed by atoms with Gasteiger partial charge in [0, 0.05) is 25.8 Å². The molecule has 1 unspecified atom stereocenters. The van der Waals surface area contributed by atoms with Gasteiger partial charge in [-0.1, -0.05) is 6.92 Å². The zero-order valence-corrected chi connectivity index (χ0v) is 10.4. The second-order valence-corrected chi connectivity index (χ2v) is 4.20. The second-order valence-electron chi connectivity index (χ2n) is 4.20. The van der Waals surface area contributed by atoms with E-state index >= 15 is 0 Å². The molecule has 0 spiro atoms. The lowest BCUT2D eigenvalue weighted by molar-refractivity contribution is 0.0233. The summed E-state index contributed by atoms with van der Waals surface area (Å²) >= 11 is 0. The molecule has 0 aliphatic carbocycles. The third-order valence-corrected chi connectivity index (χ3v) is 3.26. The minimum Gasteiger partial charge on any atom is -0.472 e. The van der Waals surface area contributed by atoms with Gasteiger partial charge in [0.1, 0.15) is 0 Å². The van der Waals surface area contributed by atoms with Crippen molar-refractivity contribution in [2.45, 2.75) is 25.4 Å². The molecule has 1 aromatic heterocycles. The lowest BCUT2D eigenvalue weighted by atomic mass is 9.95. The number of ether oxygens (including phenoxy) is 1. The third-order valence-electron chi connectivity index (χ3n) is 3.26. The summed E-state index contributed by atoms with van der Waals surface area (Å²) in [5.74, 6) is 0. The number of likely N-dealkylation sites (N-methyl/N-ethyl adjacent to an activating group) is 1. The minimum atomic E-state index is -0.0912. The van der Waals surface area contributed by atoms with Crippen LogP contribution in [0.2, 0.25) is 0 Å². The minimum absolute atomic E-state index is 0.0912. The molecule has 0 amide bonds. The third kappa shape index (κ3) is 2.84. The number of furan rings is 1. The van der Waals surface area contributed by atoms with Crippen LogP contribution in [0, 0.1) is 0 Å². The summed E-state index contributed by atoms with van der Waals surface area (Å²) in [7, 11) is 3.79. The molecule has 1 heterocycles. The van der Waals surface area contributed by atoms with Gasteiger partial charge in [0.05, 0.1) is 24.7 Å². The smallest absolute Gasteiger partial charge is 0.0947 e. The summed E-state index contributed by atoms with van der Waals surface area (Å²) in [6.07, 6.45) is 4.42. The van der Waals surface area contributed by atoms with Gasteiger partial charge >= 0.3 is 0 Å². The summed E-state index contributed by atoms with van der Waals surface area (Å²) < 4.78 is 10.4. The van der Waals surface area contributed by atoms with Crippen LogP contribution in [-0.4, -0.2) is 37.7 Å². The van der Waals surface area contributed by atoms with E-state index in [9.17, 15) is 0 Å². The molecule has 1 rings (SSSR count). The Balaban J connectivity index is 2.70. The van der Waals surface area contributed by atoms with Crippen LogP contribution in [0.15, 0.2) is 23.0 Å². The number of methoxy groups -OCH3 is 1. The molecule has 0 aromatic carbocycles. The molecule has 0 aliphatic rings. The van der Waals surface area contributed by atoms with E-state index in [0.29, 0.717) is 13.2 Å². The van der Waals surface area contributed by atoms with Crippen LogP contribution < -0.4 is 5.73 Å². The van der Waals surface area contributed by atoms with Gasteiger partial charge in [-0.15, -0.1) is 0 Å². The Morgan fingerprint density at radius 2 is 2.31 bits per heavy atom. The highest BCUT2D eigenvalue weighted by atomic mass is 16.5. The van der Waals surface area contributed by atoms with E-state index in [4.69, 9.17) is 14.9 Å². The molecule has 0 saturated carbocycles. The number of hydrogen-bond donors (Lipinski definition) is 1. The molecule has 0 bridgehead atoms. The highest BCUT2D eigenvalue weighted by Gasteiger charge is 2.31. The molecule has 16 heavy (non-hydrogen) atoms. The van der Waals surface area contributed by atoms with Crippen LogP contribution in [0.25, 0.3) is 0 Å². The van der Waals surface area contributed by atoms with Crippen molar-refractivity contribution in [1.82, 2.24) is 4.90 Å². The topological polar surface area (TPSA) is 51.6 Å². The van der Waals surface area contributed by atoms with Crippen molar-refractivity contribution in [3.05, 3.63) is 24.2 Å². The van der Waals surface area contributed by atoms with Crippen LogP contribution in [0.3, 0.4) is 0 Å². The zero-order chi connectivity index (χ0) is 12.0. The fourth-order valence-corrected chi connectivity index (χ4v) is 1.93. The van der Waals surface area contributed by atoms with Crippen LogP contribution in [0.4, 0.5) is 0 Å². The van der Waals surface area contributed by atoms with E-state index in [2.05, 4.69) is 18.9 Å². The van der Waals surface area contributed by atoms with Crippen molar-refractivity contribution in [2.75, 3.05) is 27.3 Å². The Labute approximate surface area is 97.4 Å². The van der Waals surface area contributed by atoms with Gasteiger partial charge < -0.3 is 14.9 Å². The Morgan fingerprint density at radius 1 is 1.56 bits per heavy atom. The van der Waals surface area contributed by atoms with Gasteiger partial charge in [0.2, 0.25) is 0 Å². The van der Waals surface area contributed by atoms with Crippen molar-refractivity contribution in [2.24, 2.45) is 5.73 Å². The van der Waals surface area contributed by atoms with Gasteiger partial charge in [-0.25, -0.2) is 0 Å². The van der Waals surface area contributed by atoms with Gasteiger partial charge in [0.25, 0.3) is 0 Å². The first-order valence-electron chi connectivity index (χ1n) is 5.60. The molecule has 4 heteroatoms. The predicted molar refractivity (Wildman–Crippen MR) is 64.1 cm³/mol. The Kier molecular flexibility index (Phi) is 4.99. The lowest BCUT2D eigenvalue weighted by Crippen LogP contribution is -2.54. The predicted octanol–water partition coefficient (Wildman–Crippen LogP) is 1.47. The lowest BCUT2D eigenvalue weighted by Gasteiger charge is -2.39. The number of nitrogens with zero attached hydrogens (tertiary/aromatic N) is 1. The molecule has 2 N–H and O–H groups in total. The molecule has 4 nitrogen and oxygen atoms in total. The molecule has 1 aromatic rings. The van der Waals surface area contributed by atoms with E-state index in [1.807, 2.05) is 6.07 Å². The van der Waals surface area contributed by atoms with Crippen LogP contribution in [0.5, 0.6) is 0 Å². The molecular formula is C12H22N2O2. The van der Waals surface area contributed by atoms with Crippen molar-refractivity contribution in [1.29, 1.82) is 0 Å². The van der Waals surface area contributed by atoms with Crippen LogP contribution >= 0.6 is 0 Å². The SMILES string of the molecule is CCC(CN)(COC)N(C)Cc1ccoc1. The van der Waals surface area contributed by atoms with Crippen LogP contribution in [-0.2, 0) is 11.3 Å². The molecule has 1 atom stereocenters. The molecular weight excluding hydrogens is 204 g/mol. The highest BCUT2D eigenvalue weighted by Crippen LogP contribution is 2.20. The monoisotopic (exact) mass is 226 g/mol. The van der Waals surface area contributed by atoms with Gasteiger partial charge in [-0.2, -0.15) is 0 Å². The maximum absolute atomic E-state index is 5.89. The van der Waals surface area contributed by atoms with E-state index < -0.39 is 0 Å². The van der Waals surface area contributed by atoms with Gasteiger partial charge in [-0.05, 0) is 19.5 Å². The average molecular weight is 226 g/mol. The summed E-state index contributed by atoms with van der Waals surface area (Å²) in [5, 5.41) is 0. The fraction of sp³-hybridized carbons (Fsp3) is 0.667. The molecule has 0 radical (unpaired) electrons. The standard InChI is InChI=1S/C12H22N2O2/c1-4-12(9-13,10-15-3)14(2)7-11-5-6-16-8-11/h5-6,8H,4,7,9-10,13H2,1-3H3. The van der Waals surface area contributed by atoms with Crippen molar-refractivity contribution in [3.63, 3.8) is 0 Å². The highest BCUT2D eigenvalue weighted by molar-refractivity contribution is 5.06. The van der Waals surface area contributed by atoms with E-state index in [-0.39, 0.29) is 5.54 Å². The Morgan fingerprint density at radius 3 is 2.75 bits per heavy atom. The quantitative estimate of drug-likeness (QED) is 0.765. The van der Waals surface area contributed by atoms with Crippen LogP contribution in [0.1, 0.15) is 18.9 Å². The maximum atomic E-state index is 5.89. The molecule has 0 fully saturated rings. The summed E-state index contributed by atoms with van der Waals surface area (Å²) in [4.78, 5) is 2.24. The average Bonchev–Trinajstić information content (AvgIpc) is 2.78. The molecule has 0 saturated heterocycles. The fourth-order valence-electron chi connectivity index (χ4n) is 1.93. The first-order valence-corrected chi connectivity index (χ1v) is 5.60. The molecule has 92 valence electrons. The summed E-state index contributed by atoms with van der Waals surface area (Å²) in [6, 6.07) is 1.97. The number of hydrogen-bond acceptors (Lipinski definition) is 4. The summed E-state index contributed by atoms with van der Waals surface area (Å²) in [5.41, 5.74) is 6.96. The van der Waals surface area contributed by atoms with Crippen molar-refractivity contribution in [3.8, 4) is 0 Å². The van der Waals surface area contributed by atoms with E-state index in [1.54, 1.807) is 19.6 Å². The Bertz CT molecular complexity index is 281. The first kappa shape index (κ1) is 13.2. The second kappa shape index (κ2) is 6.03. The number of rotatable bonds is 7.